The number of carbonyl (C=O) groups excluding carboxylic acids is 4. The number of fused-ring (bicyclic) bond motifs is 3. The topological polar surface area (TPSA) is 223 Å². The predicted molar refractivity (Wildman–Crippen MR) is 146 cm³/mol. The number of Topliss-reactive ketones (excluding diaryl/α,β-unsaturated/α-hetero) is 2. The van der Waals surface area contributed by atoms with Crippen molar-refractivity contribution in [2.45, 2.75) is 44.4 Å². The highest BCUT2D eigenvalue weighted by Gasteiger charge is 2.67. The monoisotopic (exact) mass is 572 g/mol. The second-order valence-corrected chi connectivity index (χ2v) is 11.5. The average Bonchev–Trinajstić information content (AvgIpc) is 2.87. The van der Waals surface area contributed by atoms with Crippen molar-refractivity contribution in [3.8, 4) is 5.75 Å². The Morgan fingerprint density at radius 3 is 2.34 bits per heavy atom. The summed E-state index contributed by atoms with van der Waals surface area (Å²) >= 11 is 0. The van der Waals surface area contributed by atoms with Gasteiger partial charge in [-0.05, 0) is 44.1 Å². The van der Waals surface area contributed by atoms with Crippen LogP contribution < -0.4 is 16.4 Å². The Kier molecular flexibility index (Phi) is 7.78. The number of nitrogens with zero attached hydrogens (tertiary/aromatic N) is 1. The van der Waals surface area contributed by atoms with Crippen molar-refractivity contribution in [3.05, 3.63) is 45.9 Å². The van der Waals surface area contributed by atoms with Crippen LogP contribution in [-0.4, -0.2) is 98.7 Å². The largest absolute Gasteiger partial charge is 0.510 e. The van der Waals surface area contributed by atoms with E-state index in [2.05, 4.69) is 10.6 Å². The lowest BCUT2D eigenvalue weighted by Crippen LogP contribution is -2.68. The van der Waals surface area contributed by atoms with Crippen LogP contribution in [0.3, 0.4) is 0 Å². The first-order valence-corrected chi connectivity index (χ1v) is 13.3. The molecule has 13 nitrogen and oxygen atoms in total. The zero-order chi connectivity index (χ0) is 30.7. The Bertz CT molecular complexity index is 1400. The molecule has 41 heavy (non-hydrogen) atoms. The molecule has 6 atom stereocenters. The normalized spacial score (nSPS) is 29.4. The molecule has 3 aliphatic carbocycles. The summed E-state index contributed by atoms with van der Waals surface area (Å²) in [7, 11) is 2.94. The van der Waals surface area contributed by atoms with Gasteiger partial charge in [-0.2, -0.15) is 0 Å². The molecule has 0 heterocycles. The molecule has 2 amide bonds. The number of ketones is 2. The maximum absolute atomic E-state index is 13.9. The van der Waals surface area contributed by atoms with E-state index in [9.17, 15) is 44.7 Å². The Morgan fingerprint density at radius 2 is 1.78 bits per heavy atom. The summed E-state index contributed by atoms with van der Waals surface area (Å²) in [5, 5.41) is 62.2. The number of phenols is 1. The number of aliphatic hydroxyl groups excluding tert-OH is 3. The molecular formula is C28H36N4O9. The number of nitrogens with one attached hydrogen (secondary N) is 2. The van der Waals surface area contributed by atoms with Crippen molar-refractivity contribution in [1.82, 2.24) is 10.2 Å². The van der Waals surface area contributed by atoms with Crippen LogP contribution in [-0.2, 0) is 14.4 Å². The van der Waals surface area contributed by atoms with E-state index >= 15 is 0 Å². The Balaban J connectivity index is 1.85. The fraction of sp³-hybridized carbons (Fsp3) is 0.500. The van der Waals surface area contributed by atoms with Gasteiger partial charge in [-0.15, -0.1) is 0 Å². The Morgan fingerprint density at radius 1 is 1.15 bits per heavy atom. The molecule has 0 spiro atoms. The molecule has 0 saturated carbocycles. The van der Waals surface area contributed by atoms with Gasteiger partial charge in [-0.1, -0.05) is 26.8 Å². The number of primary amides is 1. The molecule has 4 unspecified atom stereocenters. The minimum atomic E-state index is -2.99. The van der Waals surface area contributed by atoms with E-state index in [4.69, 9.17) is 5.73 Å². The van der Waals surface area contributed by atoms with Crippen LogP contribution in [0.15, 0.2) is 34.8 Å². The summed E-state index contributed by atoms with van der Waals surface area (Å²) in [5.41, 5.74) is 0.802. The molecule has 4 rings (SSSR count). The number of hydrogen-bond donors (Lipinski definition) is 8. The van der Waals surface area contributed by atoms with Crippen molar-refractivity contribution in [2.24, 2.45) is 23.5 Å². The molecular weight excluding hydrogens is 536 g/mol. The third-order valence-corrected chi connectivity index (χ3v) is 8.24. The predicted octanol–water partition coefficient (Wildman–Crippen LogP) is -0.163. The molecule has 0 bridgehead atoms. The number of amides is 2. The number of nitrogens with two attached hydrogens (primary N) is 1. The quantitative estimate of drug-likeness (QED) is 0.158. The summed E-state index contributed by atoms with van der Waals surface area (Å²) in [6, 6.07) is 1.59. The first-order valence-electron chi connectivity index (χ1n) is 13.3. The molecule has 9 N–H and O–H groups in total. The molecule has 1 aromatic carbocycles. The highest BCUT2D eigenvalue weighted by Crippen LogP contribution is 2.56. The van der Waals surface area contributed by atoms with Crippen LogP contribution in [0, 0.1) is 17.8 Å². The fourth-order valence-corrected chi connectivity index (χ4v) is 6.39. The van der Waals surface area contributed by atoms with E-state index in [-0.39, 0.29) is 17.8 Å². The van der Waals surface area contributed by atoms with Crippen LogP contribution in [0.1, 0.15) is 42.6 Å². The van der Waals surface area contributed by atoms with Gasteiger partial charge in [-0.25, -0.2) is 0 Å². The highest BCUT2D eigenvalue weighted by atomic mass is 16.4. The number of aromatic hydroxyl groups is 1. The smallest absolute Gasteiger partial charge is 0.255 e. The molecule has 0 fully saturated rings. The van der Waals surface area contributed by atoms with Gasteiger partial charge in [-0.3, -0.25) is 24.1 Å². The summed E-state index contributed by atoms with van der Waals surface area (Å²) in [6.07, 6.45) is -1.68. The molecule has 0 aliphatic heterocycles. The molecule has 0 radical (unpaired) electrons. The molecule has 13 heteroatoms. The third kappa shape index (κ3) is 4.49. The second kappa shape index (κ2) is 10.6. The van der Waals surface area contributed by atoms with Crippen LogP contribution in [0.4, 0.5) is 5.69 Å². The number of rotatable bonds is 7. The second-order valence-electron chi connectivity index (χ2n) is 11.5. The number of likely N-dealkylation sites (N-methyl/N-ethyl adjacent to an activating group) is 1. The van der Waals surface area contributed by atoms with Crippen LogP contribution in [0.25, 0.3) is 0 Å². The first-order chi connectivity index (χ1) is 19.1. The summed E-state index contributed by atoms with van der Waals surface area (Å²) in [4.78, 5) is 53.2. The lowest BCUT2D eigenvalue weighted by molar-refractivity contribution is -0.162. The van der Waals surface area contributed by atoms with Crippen molar-refractivity contribution in [1.29, 1.82) is 0 Å². The van der Waals surface area contributed by atoms with Crippen molar-refractivity contribution >= 4 is 29.1 Å². The molecule has 0 aromatic heterocycles. The summed E-state index contributed by atoms with van der Waals surface area (Å²) in [6.45, 7) is 6.11. The number of hydrogen-bond acceptors (Lipinski definition) is 11. The molecule has 3 aliphatic rings. The third-order valence-electron chi connectivity index (χ3n) is 8.24. The number of benzene rings is 1. The van der Waals surface area contributed by atoms with Crippen molar-refractivity contribution in [2.75, 3.05) is 32.5 Å². The Labute approximate surface area is 236 Å². The van der Waals surface area contributed by atoms with E-state index in [1.165, 1.54) is 31.1 Å². The Hall–Kier alpha value is -3.78. The van der Waals surface area contributed by atoms with E-state index in [0.717, 1.165) is 0 Å². The van der Waals surface area contributed by atoms with Crippen LogP contribution in [0.2, 0.25) is 0 Å². The number of aliphatic hydroxyl groups is 4. The standard InChI is InChI=1S/C28H36N4O9/c1-10(2)8-30-9-14(33)31-13-7-6-12-11(3)15-17(22(35)16(12)21(13)34)25(38)28(41)19(23(15)36)20(32(4)5)24(37)18(26(28)39)27(29)40/h6-7,10-11,15,19-20,23,30,34,36-38,41H,8-9H2,1-5H3,(H2,29,40)(H,31,33)/t11?,15?,19?,20-,23?,28-/m0/s1. The SMILES string of the molecule is CC(C)CNCC(=O)Nc1ccc2c(c1O)C(=O)C1=C(O)[C@]3(O)C(=O)C(C(N)=O)=C(O)[C@@H](N(C)C)C3C(O)C1C2C. The minimum Gasteiger partial charge on any atom is -0.510 e. The first kappa shape index (κ1) is 30.2. The van der Waals surface area contributed by atoms with Gasteiger partial charge in [0.1, 0.15) is 17.1 Å². The van der Waals surface area contributed by atoms with Crippen LogP contribution >= 0.6 is 0 Å². The summed E-state index contributed by atoms with van der Waals surface area (Å²) in [5.74, 6) is -9.95. The van der Waals surface area contributed by atoms with Gasteiger partial charge in [0, 0.05) is 11.5 Å². The number of phenolic OH excluding ortho intramolecular Hbond substituents is 1. The van der Waals surface area contributed by atoms with E-state index < -0.39 is 87.3 Å². The lowest BCUT2D eigenvalue weighted by Gasteiger charge is -2.53. The van der Waals surface area contributed by atoms with Gasteiger partial charge in [0.15, 0.2) is 17.1 Å². The number of anilines is 1. The van der Waals surface area contributed by atoms with E-state index in [1.807, 2.05) is 13.8 Å². The lowest BCUT2D eigenvalue weighted by atomic mass is 9.55. The average molecular weight is 573 g/mol. The van der Waals surface area contributed by atoms with Gasteiger partial charge in [0.05, 0.1) is 35.9 Å². The van der Waals surface area contributed by atoms with E-state index in [1.54, 1.807) is 6.92 Å². The number of carbonyl (C=O) groups is 4. The maximum atomic E-state index is 13.9. The fourth-order valence-electron chi connectivity index (χ4n) is 6.39. The summed E-state index contributed by atoms with van der Waals surface area (Å²) < 4.78 is 0. The maximum Gasteiger partial charge on any atom is 0.255 e. The molecule has 0 saturated heterocycles. The highest BCUT2D eigenvalue weighted by molar-refractivity contribution is 6.25. The van der Waals surface area contributed by atoms with Crippen molar-refractivity contribution in [3.63, 3.8) is 0 Å². The van der Waals surface area contributed by atoms with Crippen LogP contribution in [0.5, 0.6) is 5.75 Å². The van der Waals surface area contributed by atoms with Gasteiger partial charge in [0.2, 0.25) is 11.7 Å². The molecule has 1 aromatic rings. The minimum absolute atomic E-state index is 0.0502. The van der Waals surface area contributed by atoms with Crippen molar-refractivity contribution < 1.29 is 44.7 Å². The van der Waals surface area contributed by atoms with Gasteiger partial charge >= 0.3 is 0 Å². The van der Waals surface area contributed by atoms with Gasteiger partial charge < -0.3 is 41.9 Å². The molecule has 222 valence electrons. The van der Waals surface area contributed by atoms with E-state index in [0.29, 0.717) is 18.0 Å². The van der Waals surface area contributed by atoms with Gasteiger partial charge in [0.25, 0.3) is 5.91 Å². The zero-order valence-corrected chi connectivity index (χ0v) is 23.4. The zero-order valence-electron chi connectivity index (χ0n) is 23.4.